The van der Waals surface area contributed by atoms with Crippen LogP contribution in [-0.4, -0.2) is 35.2 Å². The predicted octanol–water partition coefficient (Wildman–Crippen LogP) is 1.48. The number of amides is 1. The number of carbonyl (C=O) groups excluding carboxylic acids is 2. The number of carbonyl (C=O) groups is 2. The molecule has 0 saturated carbocycles. The Bertz CT molecular complexity index is 655. The molecule has 1 aliphatic rings. The van der Waals surface area contributed by atoms with Gasteiger partial charge in [-0.25, -0.2) is 4.79 Å². The van der Waals surface area contributed by atoms with Gasteiger partial charge in [0.25, 0.3) is 0 Å². The van der Waals surface area contributed by atoms with Crippen LogP contribution >= 0.6 is 0 Å². The van der Waals surface area contributed by atoms with Gasteiger partial charge in [-0.05, 0) is 57.2 Å². The van der Waals surface area contributed by atoms with Crippen molar-refractivity contribution in [2.45, 2.75) is 45.3 Å². The van der Waals surface area contributed by atoms with Crippen LogP contribution in [0.1, 0.15) is 38.3 Å². The largest absolute Gasteiger partial charge is 0.548 e. The number of rotatable bonds is 3. The van der Waals surface area contributed by atoms with Gasteiger partial charge in [-0.15, -0.1) is 0 Å². The highest BCUT2D eigenvalue weighted by molar-refractivity contribution is 5.79. The molecule has 0 spiro atoms. The van der Waals surface area contributed by atoms with Crippen molar-refractivity contribution < 1.29 is 19.4 Å². The molecule has 24 heavy (non-hydrogen) atoms. The maximum Gasteiger partial charge on any atom is 0.410 e. The lowest BCUT2D eigenvalue weighted by Gasteiger charge is -2.28. The lowest BCUT2D eigenvalue weighted by atomic mass is 9.96. The number of carboxylic acid groups (broad SMARTS) is 1. The first-order chi connectivity index (χ1) is 11.2. The Labute approximate surface area is 141 Å². The van der Waals surface area contributed by atoms with Crippen LogP contribution in [0, 0.1) is 17.2 Å². The van der Waals surface area contributed by atoms with E-state index in [2.05, 4.69) is 6.07 Å². The molecule has 1 fully saturated rings. The quantitative estimate of drug-likeness (QED) is 0.837. The number of benzene rings is 1. The molecule has 0 aliphatic carbocycles. The molecule has 2 atom stereocenters. The fourth-order valence-electron chi connectivity index (χ4n) is 2.87. The SMILES string of the molecule is CC(C)(C)OC(=O)N1C[C@H](Cc2ccc(C#N)cc2)C[C@H]1C(=O)[O-]. The molecule has 1 saturated heterocycles. The van der Waals surface area contributed by atoms with Crippen molar-refractivity contribution >= 4 is 12.1 Å². The van der Waals surface area contributed by atoms with E-state index in [0.29, 0.717) is 24.9 Å². The monoisotopic (exact) mass is 329 g/mol. The first kappa shape index (κ1) is 17.8. The molecule has 1 aromatic rings. The summed E-state index contributed by atoms with van der Waals surface area (Å²) < 4.78 is 5.29. The summed E-state index contributed by atoms with van der Waals surface area (Å²) >= 11 is 0. The summed E-state index contributed by atoms with van der Waals surface area (Å²) in [6.45, 7) is 5.53. The minimum Gasteiger partial charge on any atom is -0.548 e. The minimum absolute atomic E-state index is 0.00774. The molecule has 0 bridgehead atoms. The molecule has 0 aromatic heterocycles. The van der Waals surface area contributed by atoms with Crippen LogP contribution in [0.4, 0.5) is 4.79 Å². The normalized spacial score (nSPS) is 20.5. The molecule has 128 valence electrons. The molecular weight excluding hydrogens is 308 g/mol. The Balaban J connectivity index is 2.07. The summed E-state index contributed by atoms with van der Waals surface area (Å²) in [6.07, 6.45) is 0.343. The van der Waals surface area contributed by atoms with Crippen LogP contribution in [0.25, 0.3) is 0 Å². The van der Waals surface area contributed by atoms with E-state index in [1.54, 1.807) is 32.9 Å². The third-order valence-electron chi connectivity index (χ3n) is 3.90. The van der Waals surface area contributed by atoms with Crippen molar-refractivity contribution in [2.24, 2.45) is 5.92 Å². The number of carboxylic acids is 1. The maximum atomic E-state index is 12.2. The van der Waals surface area contributed by atoms with E-state index in [1.807, 2.05) is 12.1 Å². The molecule has 6 nitrogen and oxygen atoms in total. The summed E-state index contributed by atoms with van der Waals surface area (Å²) in [6, 6.07) is 8.25. The molecule has 1 heterocycles. The van der Waals surface area contributed by atoms with E-state index < -0.39 is 23.7 Å². The predicted molar refractivity (Wildman–Crippen MR) is 84.7 cm³/mol. The lowest BCUT2D eigenvalue weighted by molar-refractivity contribution is -0.310. The first-order valence-electron chi connectivity index (χ1n) is 7.89. The van der Waals surface area contributed by atoms with Gasteiger partial charge in [-0.1, -0.05) is 12.1 Å². The number of ether oxygens (including phenoxy) is 1. The van der Waals surface area contributed by atoms with Gasteiger partial charge in [0.1, 0.15) is 5.60 Å². The van der Waals surface area contributed by atoms with Crippen LogP contribution in [0.15, 0.2) is 24.3 Å². The second-order valence-corrected chi connectivity index (χ2v) is 7.08. The fraction of sp³-hybridized carbons (Fsp3) is 0.500. The Hall–Kier alpha value is -2.55. The molecular formula is C18H21N2O4-. The summed E-state index contributed by atoms with van der Waals surface area (Å²) in [5.74, 6) is -1.25. The molecule has 1 aliphatic heterocycles. The minimum atomic E-state index is -1.26. The van der Waals surface area contributed by atoms with Gasteiger partial charge >= 0.3 is 6.09 Å². The zero-order chi connectivity index (χ0) is 17.9. The first-order valence-corrected chi connectivity index (χ1v) is 7.89. The number of hydrogen-bond acceptors (Lipinski definition) is 5. The van der Waals surface area contributed by atoms with Crippen LogP contribution in [0.3, 0.4) is 0 Å². The van der Waals surface area contributed by atoms with E-state index in [0.717, 1.165) is 5.56 Å². The van der Waals surface area contributed by atoms with Crippen LogP contribution in [0.5, 0.6) is 0 Å². The van der Waals surface area contributed by atoms with Crippen molar-refractivity contribution in [3.05, 3.63) is 35.4 Å². The molecule has 0 unspecified atom stereocenters. The standard InChI is InChI=1S/C18H22N2O4/c1-18(2,3)24-17(23)20-11-14(9-15(20)16(21)22)8-12-4-6-13(10-19)7-5-12/h4-7,14-15H,8-9,11H2,1-3H3,(H,21,22)/p-1/t14-,15+/m1/s1. The number of likely N-dealkylation sites (tertiary alicyclic amines) is 1. The highest BCUT2D eigenvalue weighted by atomic mass is 16.6. The topological polar surface area (TPSA) is 93.5 Å². The van der Waals surface area contributed by atoms with Crippen LogP contribution < -0.4 is 5.11 Å². The van der Waals surface area contributed by atoms with Crippen molar-refractivity contribution in [3.8, 4) is 6.07 Å². The lowest BCUT2D eigenvalue weighted by Crippen LogP contribution is -2.48. The van der Waals surface area contributed by atoms with Gasteiger partial charge in [0, 0.05) is 6.54 Å². The average Bonchev–Trinajstić information content (AvgIpc) is 2.90. The average molecular weight is 329 g/mol. The van der Waals surface area contributed by atoms with E-state index >= 15 is 0 Å². The van der Waals surface area contributed by atoms with E-state index in [4.69, 9.17) is 10.00 Å². The van der Waals surface area contributed by atoms with Crippen molar-refractivity contribution in [1.29, 1.82) is 5.26 Å². The highest BCUT2D eigenvalue weighted by Gasteiger charge is 2.38. The number of aliphatic carboxylic acids is 1. The molecule has 6 heteroatoms. The van der Waals surface area contributed by atoms with E-state index in [1.165, 1.54) is 4.90 Å². The number of nitrogens with zero attached hydrogens (tertiary/aromatic N) is 2. The van der Waals surface area contributed by atoms with E-state index in [-0.39, 0.29) is 5.92 Å². The van der Waals surface area contributed by atoms with Crippen LogP contribution in [0.2, 0.25) is 0 Å². The smallest absolute Gasteiger partial charge is 0.410 e. The molecule has 1 aromatic carbocycles. The van der Waals surface area contributed by atoms with Gasteiger partial charge in [-0.2, -0.15) is 5.26 Å². The summed E-state index contributed by atoms with van der Waals surface area (Å²) in [7, 11) is 0. The van der Waals surface area contributed by atoms with E-state index in [9.17, 15) is 14.7 Å². The molecule has 0 N–H and O–H groups in total. The van der Waals surface area contributed by atoms with Gasteiger partial charge in [0.15, 0.2) is 0 Å². The Kier molecular flexibility index (Phi) is 5.13. The Morgan fingerprint density at radius 2 is 1.96 bits per heavy atom. The van der Waals surface area contributed by atoms with Crippen LogP contribution in [-0.2, 0) is 16.0 Å². The molecule has 2 rings (SSSR count). The number of nitriles is 1. The maximum absolute atomic E-state index is 12.2. The highest BCUT2D eigenvalue weighted by Crippen LogP contribution is 2.28. The van der Waals surface area contributed by atoms with Gasteiger partial charge in [0.2, 0.25) is 0 Å². The second-order valence-electron chi connectivity index (χ2n) is 7.08. The van der Waals surface area contributed by atoms with Gasteiger partial charge in [0.05, 0.1) is 23.6 Å². The van der Waals surface area contributed by atoms with Crippen molar-refractivity contribution in [2.75, 3.05) is 6.54 Å². The van der Waals surface area contributed by atoms with Gasteiger partial charge in [-0.3, -0.25) is 4.90 Å². The Morgan fingerprint density at radius 1 is 1.33 bits per heavy atom. The third kappa shape index (κ3) is 4.48. The van der Waals surface area contributed by atoms with Gasteiger partial charge < -0.3 is 14.6 Å². The molecule has 0 radical (unpaired) electrons. The van der Waals surface area contributed by atoms with Crippen molar-refractivity contribution in [3.63, 3.8) is 0 Å². The zero-order valence-electron chi connectivity index (χ0n) is 14.1. The number of hydrogen-bond donors (Lipinski definition) is 0. The summed E-state index contributed by atoms with van der Waals surface area (Å²) in [5.41, 5.74) is 0.897. The zero-order valence-corrected chi connectivity index (χ0v) is 14.1. The second kappa shape index (κ2) is 6.91. The summed E-state index contributed by atoms with van der Waals surface area (Å²) in [4.78, 5) is 24.8. The van der Waals surface area contributed by atoms with Crippen molar-refractivity contribution in [1.82, 2.24) is 4.90 Å². The fourth-order valence-corrected chi connectivity index (χ4v) is 2.87. The third-order valence-corrected chi connectivity index (χ3v) is 3.90. The molecule has 1 amide bonds. The Morgan fingerprint density at radius 3 is 2.46 bits per heavy atom. The summed E-state index contributed by atoms with van der Waals surface area (Å²) in [5, 5.41) is 20.2.